The molecule has 7 nitrogen and oxygen atoms in total. The quantitative estimate of drug-likeness (QED) is 0.727. The van der Waals surface area contributed by atoms with E-state index in [1.165, 1.54) is 5.56 Å². The molecule has 0 bridgehead atoms. The average Bonchev–Trinajstić information content (AvgIpc) is 3.28. The van der Waals surface area contributed by atoms with Gasteiger partial charge in [0.15, 0.2) is 5.82 Å². The number of hydrogen-bond donors (Lipinski definition) is 0. The Labute approximate surface area is 146 Å². The number of rotatable bonds is 4. The average molecular weight is 339 g/mol. The van der Waals surface area contributed by atoms with Crippen molar-refractivity contribution in [3.63, 3.8) is 0 Å². The maximum atomic E-state index is 5.81. The highest BCUT2D eigenvalue weighted by Gasteiger charge is 2.34. The molecule has 0 saturated carbocycles. The van der Waals surface area contributed by atoms with Gasteiger partial charge in [-0.2, -0.15) is 4.98 Å². The first-order valence-corrected chi connectivity index (χ1v) is 8.44. The zero-order valence-corrected chi connectivity index (χ0v) is 14.4. The molecule has 1 saturated heterocycles. The smallest absolute Gasteiger partial charge is 0.246 e. The van der Waals surface area contributed by atoms with Gasteiger partial charge in [-0.1, -0.05) is 17.3 Å². The van der Waals surface area contributed by atoms with Crippen molar-refractivity contribution in [2.24, 2.45) is 0 Å². The molecule has 3 heterocycles. The molecule has 3 aromatic rings. The third kappa shape index (κ3) is 3.33. The van der Waals surface area contributed by atoms with E-state index in [2.05, 4.69) is 51.2 Å². The Balaban J connectivity index is 1.53. The molecule has 0 aliphatic carbocycles. The summed E-state index contributed by atoms with van der Waals surface area (Å²) in [4.78, 5) is 10.8. The highest BCUT2D eigenvalue weighted by molar-refractivity contribution is 5.34. The van der Waals surface area contributed by atoms with Gasteiger partial charge in [0.2, 0.25) is 5.89 Å². The van der Waals surface area contributed by atoms with Crippen molar-refractivity contribution in [3.05, 3.63) is 60.3 Å². The predicted octanol–water partition coefficient (Wildman–Crippen LogP) is 2.53. The highest BCUT2D eigenvalue weighted by Crippen LogP contribution is 2.29. The minimum absolute atomic E-state index is 0.0128. The third-order valence-corrected chi connectivity index (χ3v) is 4.52. The molecule has 2 aromatic heterocycles. The molecule has 0 radical (unpaired) electrons. The van der Waals surface area contributed by atoms with E-state index in [9.17, 15) is 0 Å². The van der Waals surface area contributed by atoms with Crippen LogP contribution in [0.3, 0.4) is 0 Å². The topological polar surface area (TPSA) is 69.2 Å². The molecule has 4 rings (SSSR count). The maximum absolute atomic E-state index is 5.81. The molecule has 1 aliphatic heterocycles. The van der Waals surface area contributed by atoms with Crippen molar-refractivity contribution in [2.75, 3.05) is 13.2 Å². The lowest BCUT2D eigenvalue weighted by molar-refractivity contribution is -0.0763. The van der Waals surface area contributed by atoms with Crippen molar-refractivity contribution < 1.29 is 9.26 Å². The summed E-state index contributed by atoms with van der Waals surface area (Å²) in [5.41, 5.74) is 2.33. The van der Waals surface area contributed by atoms with Crippen LogP contribution in [0.5, 0.6) is 0 Å². The van der Waals surface area contributed by atoms with E-state index in [1.54, 1.807) is 12.5 Å². The zero-order valence-electron chi connectivity index (χ0n) is 14.4. The van der Waals surface area contributed by atoms with E-state index in [4.69, 9.17) is 9.26 Å². The molecule has 7 heteroatoms. The van der Waals surface area contributed by atoms with Crippen LogP contribution in [-0.4, -0.2) is 43.8 Å². The highest BCUT2D eigenvalue weighted by atomic mass is 16.5. The van der Waals surface area contributed by atoms with Gasteiger partial charge in [0.25, 0.3) is 0 Å². The fourth-order valence-electron chi connectivity index (χ4n) is 3.27. The first-order valence-electron chi connectivity index (χ1n) is 8.44. The monoisotopic (exact) mass is 339 g/mol. The molecular formula is C18H21N5O2. The Bertz CT molecular complexity index is 812. The van der Waals surface area contributed by atoms with Gasteiger partial charge in [0, 0.05) is 31.2 Å². The Morgan fingerprint density at radius 2 is 2.08 bits per heavy atom. The molecule has 1 fully saturated rings. The number of benzene rings is 1. The van der Waals surface area contributed by atoms with Crippen LogP contribution in [0.25, 0.3) is 5.69 Å². The SMILES string of the molecule is Cc1noc([C@@H]2[C@@H](C)OCCN2Cc2ccc(-n3ccnc3)cc2)n1. The van der Waals surface area contributed by atoms with Crippen LogP contribution >= 0.6 is 0 Å². The van der Waals surface area contributed by atoms with Gasteiger partial charge >= 0.3 is 0 Å². The summed E-state index contributed by atoms with van der Waals surface area (Å²) in [6.45, 7) is 6.24. The molecule has 0 N–H and O–H groups in total. The second kappa shape index (κ2) is 6.78. The standard InChI is InChI=1S/C18H21N5O2/c1-13-17(18-20-14(2)21-25-18)22(9-10-24-13)11-15-3-5-16(6-4-15)23-8-7-19-12-23/h3-8,12-13,17H,9-11H2,1-2H3/t13-,17+/m1/s1. The van der Waals surface area contributed by atoms with Crippen LogP contribution in [0, 0.1) is 6.92 Å². The molecule has 0 amide bonds. The second-order valence-electron chi connectivity index (χ2n) is 6.31. The van der Waals surface area contributed by atoms with Crippen molar-refractivity contribution in [1.82, 2.24) is 24.6 Å². The number of ether oxygens (including phenoxy) is 1. The molecule has 130 valence electrons. The zero-order chi connectivity index (χ0) is 17.2. The van der Waals surface area contributed by atoms with E-state index in [0.29, 0.717) is 18.3 Å². The summed E-state index contributed by atoms with van der Waals surface area (Å²) in [5.74, 6) is 1.28. The van der Waals surface area contributed by atoms with Crippen LogP contribution in [0.15, 0.2) is 47.5 Å². The van der Waals surface area contributed by atoms with Gasteiger partial charge < -0.3 is 13.8 Å². The van der Waals surface area contributed by atoms with Crippen LogP contribution in [0.1, 0.15) is 30.2 Å². The summed E-state index contributed by atoms with van der Waals surface area (Å²) in [6.07, 6.45) is 5.53. The number of nitrogens with zero attached hydrogens (tertiary/aromatic N) is 5. The van der Waals surface area contributed by atoms with Gasteiger partial charge in [-0.15, -0.1) is 0 Å². The van der Waals surface area contributed by atoms with E-state index in [0.717, 1.165) is 18.8 Å². The summed E-state index contributed by atoms with van der Waals surface area (Å²) in [6, 6.07) is 8.47. The second-order valence-corrected chi connectivity index (χ2v) is 6.31. The predicted molar refractivity (Wildman–Crippen MR) is 91.2 cm³/mol. The van der Waals surface area contributed by atoms with Crippen molar-refractivity contribution in [3.8, 4) is 5.69 Å². The third-order valence-electron chi connectivity index (χ3n) is 4.52. The van der Waals surface area contributed by atoms with E-state index < -0.39 is 0 Å². The fraction of sp³-hybridized carbons (Fsp3) is 0.389. The number of aryl methyl sites for hydroxylation is 1. The number of morpholine rings is 1. The first-order chi connectivity index (χ1) is 12.2. The van der Waals surface area contributed by atoms with Gasteiger partial charge in [-0.25, -0.2) is 4.98 Å². The van der Waals surface area contributed by atoms with Crippen LogP contribution < -0.4 is 0 Å². The van der Waals surface area contributed by atoms with E-state index in [-0.39, 0.29) is 12.1 Å². The maximum Gasteiger partial charge on any atom is 0.246 e. The minimum Gasteiger partial charge on any atom is -0.375 e. The Kier molecular flexibility index (Phi) is 4.33. The van der Waals surface area contributed by atoms with Gasteiger partial charge in [0.05, 0.1) is 19.0 Å². The van der Waals surface area contributed by atoms with Gasteiger partial charge in [0.1, 0.15) is 6.04 Å². The van der Waals surface area contributed by atoms with Gasteiger partial charge in [-0.05, 0) is 31.5 Å². The van der Waals surface area contributed by atoms with Crippen molar-refractivity contribution in [1.29, 1.82) is 0 Å². The fourth-order valence-corrected chi connectivity index (χ4v) is 3.27. The lowest BCUT2D eigenvalue weighted by atomic mass is 10.1. The molecule has 25 heavy (non-hydrogen) atoms. The minimum atomic E-state index is -0.0247. The molecule has 1 aliphatic rings. The van der Waals surface area contributed by atoms with Crippen LogP contribution in [-0.2, 0) is 11.3 Å². The van der Waals surface area contributed by atoms with E-state index in [1.807, 2.05) is 17.7 Å². The van der Waals surface area contributed by atoms with Crippen LogP contribution in [0.4, 0.5) is 0 Å². The van der Waals surface area contributed by atoms with Crippen molar-refractivity contribution in [2.45, 2.75) is 32.5 Å². The summed E-state index contributed by atoms with van der Waals surface area (Å²) in [7, 11) is 0. The Morgan fingerprint density at radius 1 is 1.24 bits per heavy atom. The Hall–Kier alpha value is -2.51. The lowest BCUT2D eigenvalue weighted by Gasteiger charge is -2.37. The van der Waals surface area contributed by atoms with Crippen molar-refractivity contribution >= 4 is 0 Å². The van der Waals surface area contributed by atoms with Crippen LogP contribution in [0.2, 0.25) is 0 Å². The molecule has 1 aromatic carbocycles. The summed E-state index contributed by atoms with van der Waals surface area (Å²) < 4.78 is 13.2. The number of imidazole rings is 1. The van der Waals surface area contributed by atoms with E-state index >= 15 is 0 Å². The first kappa shape index (κ1) is 16.0. The number of aromatic nitrogens is 4. The molecular weight excluding hydrogens is 318 g/mol. The molecule has 2 atom stereocenters. The normalized spacial score (nSPS) is 21.5. The largest absolute Gasteiger partial charge is 0.375 e. The summed E-state index contributed by atoms with van der Waals surface area (Å²) in [5, 5.41) is 3.93. The summed E-state index contributed by atoms with van der Waals surface area (Å²) >= 11 is 0. The molecule has 0 unspecified atom stereocenters. The molecule has 0 spiro atoms. The van der Waals surface area contributed by atoms with Gasteiger partial charge in [-0.3, -0.25) is 4.90 Å². The lowest BCUT2D eigenvalue weighted by Crippen LogP contribution is -2.43. The Morgan fingerprint density at radius 3 is 2.76 bits per heavy atom. The number of hydrogen-bond acceptors (Lipinski definition) is 6.